The molecule has 1 fully saturated rings. The van der Waals surface area contributed by atoms with Crippen molar-refractivity contribution in [1.82, 2.24) is 9.62 Å². The van der Waals surface area contributed by atoms with Gasteiger partial charge >= 0.3 is 0 Å². The Morgan fingerprint density at radius 1 is 1.26 bits per heavy atom. The smallest absolute Gasteiger partial charge is 0.244 e. The summed E-state index contributed by atoms with van der Waals surface area (Å²) < 4.78 is 38.0. The Balaban J connectivity index is 2.22. The van der Waals surface area contributed by atoms with E-state index >= 15 is 0 Å². The lowest BCUT2D eigenvalue weighted by atomic mass is 10.3. The Labute approximate surface area is 136 Å². The molecule has 23 heavy (non-hydrogen) atoms. The molecule has 0 aliphatic carbocycles. The van der Waals surface area contributed by atoms with E-state index in [4.69, 9.17) is 9.47 Å². The Morgan fingerprint density at radius 2 is 1.96 bits per heavy atom. The molecule has 8 heteroatoms. The Bertz CT molecular complexity index is 687. The minimum Gasteiger partial charge on any atom is -0.497 e. The van der Waals surface area contributed by atoms with Crippen molar-refractivity contribution in [1.29, 1.82) is 0 Å². The zero-order chi connectivity index (χ0) is 17.2. The molecule has 0 aromatic heterocycles. The number of benzene rings is 1. The van der Waals surface area contributed by atoms with E-state index < -0.39 is 16.1 Å². The maximum Gasteiger partial charge on any atom is 0.244 e. The molecule has 1 N–H and O–H groups in total. The summed E-state index contributed by atoms with van der Waals surface area (Å²) in [6, 6.07) is 4.09. The van der Waals surface area contributed by atoms with Gasteiger partial charge in [-0.25, -0.2) is 13.1 Å². The lowest BCUT2D eigenvalue weighted by Crippen LogP contribution is -2.38. The number of nitrogens with zero attached hydrogens (tertiary/aromatic N) is 1. The second-order valence-electron chi connectivity index (χ2n) is 5.68. The first-order valence-electron chi connectivity index (χ1n) is 7.32. The van der Waals surface area contributed by atoms with Gasteiger partial charge in [-0.15, -0.1) is 0 Å². The summed E-state index contributed by atoms with van der Waals surface area (Å²) in [6.07, 6.45) is 0.163. The molecule has 1 aliphatic rings. The van der Waals surface area contributed by atoms with Crippen LogP contribution in [-0.2, 0) is 14.8 Å². The van der Waals surface area contributed by atoms with Crippen LogP contribution in [0.15, 0.2) is 23.1 Å². The van der Waals surface area contributed by atoms with Crippen molar-refractivity contribution >= 4 is 15.9 Å². The fourth-order valence-corrected chi connectivity index (χ4v) is 3.97. The molecule has 7 nitrogen and oxygen atoms in total. The second-order valence-corrected chi connectivity index (χ2v) is 7.36. The summed E-state index contributed by atoms with van der Waals surface area (Å²) >= 11 is 0. The number of likely N-dealkylation sites (tertiary alicyclic amines) is 1. The number of hydrogen-bond donors (Lipinski definition) is 1. The van der Waals surface area contributed by atoms with Crippen LogP contribution >= 0.6 is 0 Å². The number of hydrogen-bond acceptors (Lipinski definition) is 5. The fourth-order valence-electron chi connectivity index (χ4n) is 2.59. The van der Waals surface area contributed by atoms with E-state index in [0.717, 1.165) is 0 Å². The molecule has 1 heterocycles. The van der Waals surface area contributed by atoms with Gasteiger partial charge < -0.3 is 14.4 Å². The van der Waals surface area contributed by atoms with Crippen LogP contribution in [0.1, 0.15) is 20.3 Å². The number of carbonyl (C=O) groups excluding carboxylic acids is 1. The summed E-state index contributed by atoms with van der Waals surface area (Å²) in [5.41, 5.74) is 0. The third-order valence-electron chi connectivity index (χ3n) is 3.76. The molecule has 0 spiro atoms. The van der Waals surface area contributed by atoms with Gasteiger partial charge in [0, 0.05) is 31.1 Å². The number of carbonyl (C=O) groups is 1. The monoisotopic (exact) mass is 342 g/mol. The van der Waals surface area contributed by atoms with Crippen molar-refractivity contribution < 1.29 is 22.7 Å². The minimum absolute atomic E-state index is 0.0243. The molecule has 1 atom stereocenters. The summed E-state index contributed by atoms with van der Waals surface area (Å²) in [6.45, 7) is 4.18. The molecule has 0 radical (unpaired) electrons. The first-order chi connectivity index (χ1) is 10.8. The van der Waals surface area contributed by atoms with Crippen LogP contribution in [0, 0.1) is 0 Å². The maximum absolute atomic E-state index is 12.6. The molecule has 1 aromatic rings. The van der Waals surface area contributed by atoms with Crippen molar-refractivity contribution in [2.75, 3.05) is 20.8 Å². The fraction of sp³-hybridized carbons (Fsp3) is 0.533. The first-order valence-corrected chi connectivity index (χ1v) is 8.80. The van der Waals surface area contributed by atoms with Gasteiger partial charge in [-0.3, -0.25) is 4.79 Å². The average Bonchev–Trinajstić information content (AvgIpc) is 2.86. The summed E-state index contributed by atoms with van der Waals surface area (Å²) in [4.78, 5) is 13.6. The SMILES string of the molecule is COc1ccc(S(=O)(=O)NC2CC(=O)N(C(C)C)C2)c(OC)c1. The topological polar surface area (TPSA) is 84.9 Å². The zero-order valence-electron chi connectivity index (χ0n) is 13.7. The van der Waals surface area contributed by atoms with Crippen LogP contribution in [-0.4, -0.2) is 52.1 Å². The molecular formula is C15H22N2O5S. The molecule has 1 aromatic carbocycles. The van der Waals surface area contributed by atoms with Gasteiger partial charge in [0.1, 0.15) is 16.4 Å². The van der Waals surface area contributed by atoms with E-state index in [1.807, 2.05) is 13.8 Å². The lowest BCUT2D eigenvalue weighted by molar-refractivity contribution is -0.129. The van der Waals surface area contributed by atoms with Gasteiger partial charge in [0.15, 0.2) is 0 Å². The highest BCUT2D eigenvalue weighted by Gasteiger charge is 2.34. The van der Waals surface area contributed by atoms with Crippen LogP contribution in [0.5, 0.6) is 11.5 Å². The maximum atomic E-state index is 12.6. The molecule has 1 saturated heterocycles. The minimum atomic E-state index is -3.79. The Morgan fingerprint density at radius 3 is 2.48 bits per heavy atom. The van der Waals surface area contributed by atoms with Crippen molar-refractivity contribution in [3.63, 3.8) is 0 Å². The van der Waals surface area contributed by atoms with Gasteiger partial charge in [0.2, 0.25) is 15.9 Å². The van der Waals surface area contributed by atoms with E-state index in [0.29, 0.717) is 12.3 Å². The number of nitrogens with one attached hydrogen (secondary N) is 1. The van der Waals surface area contributed by atoms with E-state index in [-0.39, 0.29) is 29.0 Å². The molecular weight excluding hydrogens is 320 g/mol. The summed E-state index contributed by atoms with van der Waals surface area (Å²) in [5, 5.41) is 0. The van der Waals surface area contributed by atoms with Gasteiger partial charge in [0.05, 0.1) is 14.2 Å². The van der Waals surface area contributed by atoms with Crippen LogP contribution in [0.2, 0.25) is 0 Å². The van der Waals surface area contributed by atoms with Crippen LogP contribution < -0.4 is 14.2 Å². The predicted molar refractivity (Wildman–Crippen MR) is 85.1 cm³/mol. The first kappa shape index (κ1) is 17.6. The van der Waals surface area contributed by atoms with E-state index in [9.17, 15) is 13.2 Å². The lowest BCUT2D eigenvalue weighted by Gasteiger charge is -2.21. The average molecular weight is 342 g/mol. The van der Waals surface area contributed by atoms with Crippen LogP contribution in [0.25, 0.3) is 0 Å². The number of amides is 1. The highest BCUT2D eigenvalue weighted by atomic mass is 32.2. The van der Waals surface area contributed by atoms with Gasteiger partial charge in [0.25, 0.3) is 0 Å². The standard InChI is InChI=1S/C15H22N2O5S/c1-10(2)17-9-11(7-15(17)18)16-23(19,20)14-6-5-12(21-3)8-13(14)22-4/h5-6,8,10-11,16H,7,9H2,1-4H3. The van der Waals surface area contributed by atoms with Gasteiger partial charge in [-0.2, -0.15) is 0 Å². The highest BCUT2D eigenvalue weighted by Crippen LogP contribution is 2.29. The molecule has 128 valence electrons. The van der Waals surface area contributed by atoms with Crippen LogP contribution in [0.4, 0.5) is 0 Å². The summed E-state index contributed by atoms with van der Waals surface area (Å²) in [7, 11) is -0.905. The number of sulfonamides is 1. The third-order valence-corrected chi connectivity index (χ3v) is 5.32. The normalized spacial score (nSPS) is 18.6. The van der Waals surface area contributed by atoms with E-state index in [1.165, 1.54) is 26.4 Å². The quantitative estimate of drug-likeness (QED) is 0.833. The van der Waals surface area contributed by atoms with E-state index in [2.05, 4.69) is 4.72 Å². The largest absolute Gasteiger partial charge is 0.497 e. The Hall–Kier alpha value is -1.80. The van der Waals surface area contributed by atoms with Crippen molar-refractivity contribution in [2.24, 2.45) is 0 Å². The highest BCUT2D eigenvalue weighted by molar-refractivity contribution is 7.89. The van der Waals surface area contributed by atoms with Gasteiger partial charge in [-0.1, -0.05) is 0 Å². The third kappa shape index (κ3) is 3.76. The number of methoxy groups -OCH3 is 2. The molecule has 1 unspecified atom stereocenters. The zero-order valence-corrected chi connectivity index (χ0v) is 14.5. The van der Waals surface area contributed by atoms with Crippen molar-refractivity contribution in [2.45, 2.75) is 37.2 Å². The van der Waals surface area contributed by atoms with Crippen molar-refractivity contribution in [3.8, 4) is 11.5 Å². The van der Waals surface area contributed by atoms with Gasteiger partial charge in [-0.05, 0) is 26.0 Å². The predicted octanol–water partition coefficient (Wildman–Crippen LogP) is 0.991. The number of rotatable bonds is 6. The van der Waals surface area contributed by atoms with Crippen molar-refractivity contribution in [3.05, 3.63) is 18.2 Å². The van der Waals surface area contributed by atoms with E-state index in [1.54, 1.807) is 11.0 Å². The molecule has 1 aliphatic heterocycles. The molecule has 2 rings (SSSR count). The molecule has 0 bridgehead atoms. The Kier molecular flexibility index (Phi) is 5.16. The molecule has 1 amide bonds. The summed E-state index contributed by atoms with van der Waals surface area (Å²) in [5.74, 6) is 0.652. The number of ether oxygens (including phenoxy) is 2. The second kappa shape index (κ2) is 6.76. The van der Waals surface area contributed by atoms with Crippen LogP contribution in [0.3, 0.4) is 0 Å². The molecule has 0 saturated carbocycles.